The van der Waals surface area contributed by atoms with Crippen LogP contribution in [0.25, 0.3) is 0 Å². The predicted molar refractivity (Wildman–Crippen MR) is 72.3 cm³/mol. The molecule has 0 N–H and O–H groups in total. The maximum atomic E-state index is 4.87. The van der Waals surface area contributed by atoms with Crippen molar-refractivity contribution in [2.75, 3.05) is 14.1 Å². The maximum Gasteiger partial charge on any atom is 0.0581 e. The molecule has 0 aromatic carbocycles. The van der Waals surface area contributed by atoms with Crippen molar-refractivity contribution in [3.8, 4) is 0 Å². The van der Waals surface area contributed by atoms with Crippen LogP contribution in [-0.2, 0) is 6.54 Å². The van der Waals surface area contributed by atoms with Crippen LogP contribution in [0, 0.1) is 0 Å². The highest BCUT2D eigenvalue weighted by Gasteiger charge is 2.23. The summed E-state index contributed by atoms with van der Waals surface area (Å²) in [5, 5.41) is 0. The highest BCUT2D eigenvalue weighted by Crippen LogP contribution is 2.38. The summed E-state index contributed by atoms with van der Waals surface area (Å²) in [6.07, 6.45) is 4.09. The fourth-order valence-electron chi connectivity index (χ4n) is 2.37. The van der Waals surface area contributed by atoms with E-state index in [1.807, 2.05) is 0 Å². The zero-order valence-corrected chi connectivity index (χ0v) is 11.5. The molecule has 2 heteroatoms. The molecule has 1 fully saturated rings. The van der Waals surface area contributed by atoms with Gasteiger partial charge in [0.15, 0.2) is 0 Å². The monoisotopic (exact) mass is 232 g/mol. The molecule has 0 unspecified atom stereocenters. The number of nitrogens with zero attached hydrogens (tertiary/aromatic N) is 2. The normalized spacial score (nSPS) is 16.6. The second-order valence-corrected chi connectivity index (χ2v) is 5.79. The number of pyridine rings is 1. The van der Waals surface area contributed by atoms with E-state index in [-0.39, 0.29) is 0 Å². The molecule has 1 aliphatic rings. The van der Waals surface area contributed by atoms with E-state index in [0.717, 1.165) is 12.5 Å². The molecule has 0 radical (unpaired) electrons. The minimum absolute atomic E-state index is 0.520. The Morgan fingerprint density at radius 2 is 2.00 bits per heavy atom. The molecular formula is C15H24N2. The van der Waals surface area contributed by atoms with Gasteiger partial charge in [-0.2, -0.15) is 0 Å². The van der Waals surface area contributed by atoms with Crippen LogP contribution in [-0.4, -0.2) is 24.0 Å². The second-order valence-electron chi connectivity index (χ2n) is 5.79. The number of rotatable bonds is 4. The molecule has 1 aromatic rings. The molecule has 2 rings (SSSR count). The van der Waals surface area contributed by atoms with Crippen LogP contribution in [0.1, 0.15) is 61.9 Å². The van der Waals surface area contributed by atoms with E-state index in [0.29, 0.717) is 5.92 Å². The molecule has 1 heterocycles. The first kappa shape index (κ1) is 12.6. The second kappa shape index (κ2) is 5.18. The van der Waals surface area contributed by atoms with E-state index in [9.17, 15) is 0 Å². The Morgan fingerprint density at radius 3 is 2.47 bits per heavy atom. The lowest BCUT2D eigenvalue weighted by atomic mass is 9.79. The molecule has 1 aromatic heterocycles. The lowest BCUT2D eigenvalue weighted by Crippen LogP contribution is -2.18. The summed E-state index contributed by atoms with van der Waals surface area (Å²) in [6, 6.07) is 4.54. The van der Waals surface area contributed by atoms with Crippen LogP contribution in [0.3, 0.4) is 0 Å². The van der Waals surface area contributed by atoms with Gasteiger partial charge >= 0.3 is 0 Å². The van der Waals surface area contributed by atoms with Crippen LogP contribution in [0.4, 0.5) is 0 Å². The Labute approximate surface area is 105 Å². The van der Waals surface area contributed by atoms with Crippen LogP contribution < -0.4 is 0 Å². The smallest absolute Gasteiger partial charge is 0.0581 e. The Bertz CT molecular complexity index is 379. The van der Waals surface area contributed by atoms with E-state index in [4.69, 9.17) is 4.98 Å². The Morgan fingerprint density at radius 1 is 1.29 bits per heavy atom. The minimum atomic E-state index is 0.520. The van der Waals surface area contributed by atoms with Crippen LogP contribution in [0.2, 0.25) is 0 Å². The van der Waals surface area contributed by atoms with Crippen molar-refractivity contribution in [3.05, 3.63) is 29.1 Å². The van der Waals surface area contributed by atoms with E-state index in [2.05, 4.69) is 45.0 Å². The van der Waals surface area contributed by atoms with Gasteiger partial charge in [0, 0.05) is 12.2 Å². The summed E-state index contributed by atoms with van der Waals surface area (Å²) in [5.41, 5.74) is 4.02. The Balaban J connectivity index is 2.29. The maximum absolute atomic E-state index is 4.87. The van der Waals surface area contributed by atoms with E-state index >= 15 is 0 Å². The molecular weight excluding hydrogens is 208 g/mol. The van der Waals surface area contributed by atoms with Crippen molar-refractivity contribution < 1.29 is 0 Å². The SMILES string of the molecule is CC(C)c1ccc(C2CCC2)c(CN(C)C)n1. The summed E-state index contributed by atoms with van der Waals surface area (Å²) in [4.78, 5) is 7.09. The van der Waals surface area contributed by atoms with Crippen LogP contribution in [0.15, 0.2) is 12.1 Å². The fourth-order valence-corrected chi connectivity index (χ4v) is 2.37. The average molecular weight is 232 g/mol. The van der Waals surface area contributed by atoms with Gasteiger partial charge in [0.2, 0.25) is 0 Å². The third kappa shape index (κ3) is 2.86. The van der Waals surface area contributed by atoms with Crippen LogP contribution >= 0.6 is 0 Å². The number of hydrogen-bond donors (Lipinski definition) is 0. The molecule has 1 saturated carbocycles. The molecule has 0 saturated heterocycles. The van der Waals surface area contributed by atoms with Crippen molar-refractivity contribution in [3.63, 3.8) is 0 Å². The van der Waals surface area contributed by atoms with Gasteiger partial charge in [-0.05, 0) is 50.4 Å². The molecule has 0 aliphatic heterocycles. The summed E-state index contributed by atoms with van der Waals surface area (Å²) in [7, 11) is 4.24. The van der Waals surface area contributed by atoms with Gasteiger partial charge < -0.3 is 4.90 Å². The molecule has 0 spiro atoms. The van der Waals surface area contributed by atoms with Crippen LogP contribution in [0.5, 0.6) is 0 Å². The highest BCUT2D eigenvalue weighted by molar-refractivity contribution is 5.29. The molecule has 94 valence electrons. The molecule has 0 atom stereocenters. The third-order valence-corrected chi connectivity index (χ3v) is 3.63. The van der Waals surface area contributed by atoms with Gasteiger partial charge in [0.05, 0.1) is 5.69 Å². The molecule has 0 bridgehead atoms. The van der Waals surface area contributed by atoms with E-state index in [1.165, 1.54) is 36.2 Å². The fraction of sp³-hybridized carbons (Fsp3) is 0.667. The summed E-state index contributed by atoms with van der Waals surface area (Å²) < 4.78 is 0. The molecule has 2 nitrogen and oxygen atoms in total. The van der Waals surface area contributed by atoms with Gasteiger partial charge in [0.1, 0.15) is 0 Å². The average Bonchev–Trinajstić information content (AvgIpc) is 2.16. The van der Waals surface area contributed by atoms with Gasteiger partial charge in [-0.1, -0.05) is 26.3 Å². The minimum Gasteiger partial charge on any atom is -0.304 e. The number of aromatic nitrogens is 1. The zero-order valence-electron chi connectivity index (χ0n) is 11.5. The van der Waals surface area contributed by atoms with Crippen molar-refractivity contribution in [1.29, 1.82) is 0 Å². The lowest BCUT2D eigenvalue weighted by molar-refractivity contribution is 0.377. The quantitative estimate of drug-likeness (QED) is 0.789. The van der Waals surface area contributed by atoms with Crippen molar-refractivity contribution in [2.24, 2.45) is 0 Å². The van der Waals surface area contributed by atoms with Crippen molar-refractivity contribution in [1.82, 2.24) is 9.88 Å². The Kier molecular flexibility index (Phi) is 3.82. The largest absolute Gasteiger partial charge is 0.304 e. The molecule has 17 heavy (non-hydrogen) atoms. The standard InChI is InChI=1S/C15H24N2/c1-11(2)14-9-8-13(12-6-5-7-12)15(16-14)10-17(3)4/h8-9,11-12H,5-7,10H2,1-4H3. The lowest BCUT2D eigenvalue weighted by Gasteiger charge is -2.28. The molecule has 0 amide bonds. The first-order valence-corrected chi connectivity index (χ1v) is 6.72. The molecule has 1 aliphatic carbocycles. The summed E-state index contributed by atoms with van der Waals surface area (Å²) in [6.45, 7) is 5.39. The van der Waals surface area contributed by atoms with Crippen molar-refractivity contribution in [2.45, 2.75) is 51.5 Å². The topological polar surface area (TPSA) is 16.1 Å². The summed E-state index contributed by atoms with van der Waals surface area (Å²) >= 11 is 0. The van der Waals surface area contributed by atoms with Crippen molar-refractivity contribution >= 4 is 0 Å². The van der Waals surface area contributed by atoms with Gasteiger partial charge in [0.25, 0.3) is 0 Å². The zero-order chi connectivity index (χ0) is 12.4. The Hall–Kier alpha value is -0.890. The van der Waals surface area contributed by atoms with E-state index in [1.54, 1.807) is 0 Å². The van der Waals surface area contributed by atoms with E-state index < -0.39 is 0 Å². The first-order chi connectivity index (χ1) is 8.08. The predicted octanol–water partition coefficient (Wildman–Crippen LogP) is 3.53. The number of hydrogen-bond acceptors (Lipinski definition) is 2. The van der Waals surface area contributed by atoms with Gasteiger partial charge in [-0.3, -0.25) is 4.98 Å². The summed E-state index contributed by atoms with van der Waals surface area (Å²) in [5.74, 6) is 1.30. The third-order valence-electron chi connectivity index (χ3n) is 3.63. The van der Waals surface area contributed by atoms with Gasteiger partial charge in [-0.25, -0.2) is 0 Å². The first-order valence-electron chi connectivity index (χ1n) is 6.72. The van der Waals surface area contributed by atoms with Gasteiger partial charge in [-0.15, -0.1) is 0 Å². The highest BCUT2D eigenvalue weighted by atomic mass is 15.1.